The van der Waals surface area contributed by atoms with Crippen LogP contribution in [0.15, 0.2) is 0 Å². The molecule has 3 aliphatic carbocycles. The van der Waals surface area contributed by atoms with Crippen LogP contribution in [0.2, 0.25) is 0 Å². The number of fused-ring (bicyclic) bond motifs is 7. The monoisotopic (exact) mass is 516 g/mol. The molecule has 0 aromatic heterocycles. The summed E-state index contributed by atoms with van der Waals surface area (Å²) in [5.74, 6) is 2.38. The first-order valence-electron chi connectivity index (χ1n) is 15.5. The molecule has 9 atom stereocenters. The van der Waals surface area contributed by atoms with Gasteiger partial charge in [-0.05, 0) is 78.4 Å². The fourth-order valence-corrected chi connectivity index (χ4v) is 10.8. The van der Waals surface area contributed by atoms with Crippen LogP contribution in [0.5, 0.6) is 0 Å². The van der Waals surface area contributed by atoms with Crippen LogP contribution >= 0.6 is 0 Å². The Morgan fingerprint density at radius 3 is 1.92 bits per heavy atom. The van der Waals surface area contributed by atoms with Gasteiger partial charge in [0.15, 0.2) is 0 Å². The fourth-order valence-electron chi connectivity index (χ4n) is 10.8. The normalized spacial score (nSPS) is 34.6. The van der Waals surface area contributed by atoms with Crippen molar-refractivity contribution in [2.75, 3.05) is 0 Å². The van der Waals surface area contributed by atoms with Crippen molar-refractivity contribution in [2.24, 2.45) is 57.2 Å². The molecule has 1 aliphatic heterocycles. The molecule has 0 amide bonds. The number of Topliss-reactive ketones (excluding diaryl/α,β-unsaturated/α-hetero) is 1. The Kier molecular flexibility index (Phi) is 7.57. The lowest BCUT2D eigenvalue weighted by atomic mass is 9.44. The van der Waals surface area contributed by atoms with Crippen LogP contribution in [0, 0.1) is 57.2 Å². The van der Waals surface area contributed by atoms with Gasteiger partial charge in [0.05, 0.1) is 18.1 Å². The van der Waals surface area contributed by atoms with Crippen LogP contribution in [0.4, 0.5) is 0 Å². The topological polar surface area (TPSA) is 55.9 Å². The third-order valence-corrected chi connectivity index (χ3v) is 12.6. The maximum absolute atomic E-state index is 14.5. The van der Waals surface area contributed by atoms with E-state index in [4.69, 9.17) is 9.47 Å². The molecule has 0 aromatic rings. The zero-order valence-corrected chi connectivity index (χ0v) is 25.8. The van der Waals surface area contributed by atoms with Gasteiger partial charge in [0.2, 0.25) is 0 Å². The SMILES string of the molecule is CCC(C)(CC)C(C(C)=O)C(C)(C)C(CC)(CC)C(C(=O)OC1CC2CC1C1C2CC2OC21)C(C)(C)C. The summed E-state index contributed by atoms with van der Waals surface area (Å²) in [6.45, 7) is 24.1. The lowest BCUT2D eigenvalue weighted by Crippen LogP contribution is -2.58. The Bertz CT molecular complexity index is 873. The van der Waals surface area contributed by atoms with E-state index < -0.39 is 0 Å². The zero-order chi connectivity index (χ0) is 27.7. The first kappa shape index (κ1) is 29.1. The predicted octanol–water partition coefficient (Wildman–Crippen LogP) is 7.87. The highest BCUT2D eigenvalue weighted by Gasteiger charge is 2.68. The number of carbonyl (C=O) groups is 2. The Labute approximate surface area is 227 Å². The summed E-state index contributed by atoms with van der Waals surface area (Å²) in [6, 6.07) is 0. The van der Waals surface area contributed by atoms with Crippen LogP contribution in [0.25, 0.3) is 0 Å². The molecule has 37 heavy (non-hydrogen) atoms. The van der Waals surface area contributed by atoms with Crippen LogP contribution in [-0.2, 0) is 19.1 Å². The van der Waals surface area contributed by atoms with Gasteiger partial charge in [-0.25, -0.2) is 0 Å². The summed E-state index contributed by atoms with van der Waals surface area (Å²) in [6.07, 6.45) is 8.00. The summed E-state index contributed by atoms with van der Waals surface area (Å²) >= 11 is 0. The highest BCUT2D eigenvalue weighted by Crippen LogP contribution is 2.66. The lowest BCUT2D eigenvalue weighted by molar-refractivity contribution is -0.187. The minimum atomic E-state index is -0.375. The molecule has 2 bridgehead atoms. The molecule has 4 rings (SSSR count). The number of hydrogen-bond acceptors (Lipinski definition) is 4. The van der Waals surface area contributed by atoms with Gasteiger partial charge in [-0.2, -0.15) is 0 Å². The maximum atomic E-state index is 14.5. The number of ketones is 1. The predicted molar refractivity (Wildman–Crippen MR) is 149 cm³/mol. The van der Waals surface area contributed by atoms with Crippen molar-refractivity contribution in [1.82, 2.24) is 0 Å². The van der Waals surface area contributed by atoms with Gasteiger partial charge in [-0.1, -0.05) is 82.1 Å². The van der Waals surface area contributed by atoms with Crippen LogP contribution in [0.1, 0.15) is 121 Å². The van der Waals surface area contributed by atoms with Crippen molar-refractivity contribution < 1.29 is 19.1 Å². The molecule has 4 nitrogen and oxygen atoms in total. The molecule has 3 saturated carbocycles. The molecular weight excluding hydrogens is 460 g/mol. The maximum Gasteiger partial charge on any atom is 0.310 e. The van der Waals surface area contributed by atoms with Crippen LogP contribution < -0.4 is 0 Å². The standard InChI is InChI=1S/C33H56O4/c1-12-32(11,13-2)27(19(5)34)31(9,10)33(14-3,15-4)28(30(6,7)8)29(35)37-23-17-20-16-22(23)25-21(20)18-24-26(25)36-24/h20-28H,12-18H2,1-11H3. The first-order chi connectivity index (χ1) is 17.1. The molecule has 0 N–H and O–H groups in total. The Hall–Kier alpha value is -0.900. The highest BCUT2D eigenvalue weighted by molar-refractivity contribution is 5.81. The molecule has 0 spiro atoms. The van der Waals surface area contributed by atoms with Gasteiger partial charge in [-0.15, -0.1) is 0 Å². The molecule has 4 heteroatoms. The summed E-state index contributed by atoms with van der Waals surface area (Å²) in [5, 5.41) is 0. The van der Waals surface area contributed by atoms with Gasteiger partial charge >= 0.3 is 5.97 Å². The van der Waals surface area contributed by atoms with Crippen LogP contribution in [-0.4, -0.2) is 30.1 Å². The molecule has 1 heterocycles. The van der Waals surface area contributed by atoms with E-state index in [1.54, 1.807) is 6.92 Å². The Morgan fingerprint density at radius 1 is 0.838 bits per heavy atom. The van der Waals surface area contributed by atoms with Crippen LogP contribution in [0.3, 0.4) is 0 Å². The van der Waals surface area contributed by atoms with E-state index in [1.165, 1.54) is 12.8 Å². The van der Waals surface area contributed by atoms with Crippen molar-refractivity contribution in [3.8, 4) is 0 Å². The molecular formula is C33H56O4. The average molecular weight is 517 g/mol. The zero-order valence-electron chi connectivity index (χ0n) is 25.8. The Balaban J connectivity index is 1.68. The van der Waals surface area contributed by atoms with E-state index in [0.717, 1.165) is 38.0 Å². The van der Waals surface area contributed by atoms with E-state index in [9.17, 15) is 9.59 Å². The number of rotatable bonds is 11. The van der Waals surface area contributed by atoms with Gasteiger partial charge in [0.25, 0.3) is 0 Å². The Morgan fingerprint density at radius 2 is 1.43 bits per heavy atom. The number of epoxide rings is 1. The third kappa shape index (κ3) is 4.34. The molecule has 0 radical (unpaired) electrons. The summed E-state index contributed by atoms with van der Waals surface area (Å²) in [7, 11) is 0. The molecule has 4 aliphatic rings. The molecule has 0 aromatic carbocycles. The summed E-state index contributed by atoms with van der Waals surface area (Å²) in [4.78, 5) is 27.9. The minimum Gasteiger partial charge on any atom is -0.462 e. The summed E-state index contributed by atoms with van der Waals surface area (Å²) < 4.78 is 12.6. The number of hydrogen-bond donors (Lipinski definition) is 0. The first-order valence-corrected chi connectivity index (χ1v) is 15.5. The second-order valence-electron chi connectivity index (χ2n) is 15.3. The van der Waals surface area contributed by atoms with Gasteiger partial charge < -0.3 is 9.47 Å². The largest absolute Gasteiger partial charge is 0.462 e. The van der Waals surface area contributed by atoms with Gasteiger partial charge in [-0.3, -0.25) is 9.59 Å². The van der Waals surface area contributed by atoms with E-state index in [2.05, 4.69) is 69.2 Å². The molecule has 212 valence electrons. The van der Waals surface area contributed by atoms with Crippen molar-refractivity contribution >= 4 is 11.8 Å². The third-order valence-electron chi connectivity index (χ3n) is 12.6. The molecule has 1 saturated heterocycles. The summed E-state index contributed by atoms with van der Waals surface area (Å²) in [5.41, 5.74) is -1.13. The second kappa shape index (κ2) is 9.63. The quantitative estimate of drug-likeness (QED) is 0.207. The van der Waals surface area contributed by atoms with Gasteiger partial charge in [0, 0.05) is 11.8 Å². The number of carbonyl (C=O) groups excluding carboxylic acids is 2. The minimum absolute atomic E-state index is 0.0263. The lowest BCUT2D eigenvalue weighted by Gasteiger charge is -2.59. The second-order valence-corrected chi connectivity index (χ2v) is 15.3. The van der Waals surface area contributed by atoms with E-state index in [-0.39, 0.29) is 51.4 Å². The van der Waals surface area contributed by atoms with Crippen molar-refractivity contribution in [2.45, 2.75) is 139 Å². The van der Waals surface area contributed by atoms with Crippen molar-refractivity contribution in [3.05, 3.63) is 0 Å². The average Bonchev–Trinajstić information content (AvgIpc) is 3.13. The van der Waals surface area contributed by atoms with Gasteiger partial charge in [0.1, 0.15) is 11.9 Å². The number of ether oxygens (including phenoxy) is 2. The van der Waals surface area contributed by atoms with E-state index in [0.29, 0.717) is 30.0 Å². The highest BCUT2D eigenvalue weighted by atomic mass is 16.6. The van der Waals surface area contributed by atoms with Crippen molar-refractivity contribution in [3.63, 3.8) is 0 Å². The molecule has 9 unspecified atom stereocenters. The number of esters is 1. The van der Waals surface area contributed by atoms with Crippen molar-refractivity contribution in [1.29, 1.82) is 0 Å². The smallest absolute Gasteiger partial charge is 0.310 e. The fraction of sp³-hybridized carbons (Fsp3) is 0.939. The van der Waals surface area contributed by atoms with E-state index >= 15 is 0 Å². The molecule has 4 fully saturated rings. The van der Waals surface area contributed by atoms with E-state index in [1.807, 2.05) is 0 Å².